The molecule has 2 aromatic rings. The maximum Gasteiger partial charge on any atom is 0.315 e. The zero-order valence-electron chi connectivity index (χ0n) is 14.0. The number of carbonyl (C=O) groups excluding carboxylic acids is 1. The molecule has 0 aliphatic heterocycles. The van der Waals surface area contributed by atoms with Crippen molar-refractivity contribution < 1.29 is 13.9 Å². The van der Waals surface area contributed by atoms with Gasteiger partial charge in [0.2, 0.25) is 0 Å². The molecule has 0 bridgehead atoms. The van der Waals surface area contributed by atoms with Gasteiger partial charge in [0, 0.05) is 18.2 Å². The van der Waals surface area contributed by atoms with Gasteiger partial charge in [-0.25, -0.2) is 9.18 Å². The van der Waals surface area contributed by atoms with Crippen LogP contribution in [0.15, 0.2) is 48.5 Å². The summed E-state index contributed by atoms with van der Waals surface area (Å²) in [7, 11) is 1.64. The van der Waals surface area contributed by atoms with Gasteiger partial charge in [0.25, 0.3) is 0 Å². The van der Waals surface area contributed by atoms with Crippen LogP contribution in [0, 0.1) is 5.82 Å². The van der Waals surface area contributed by atoms with Crippen LogP contribution in [-0.4, -0.2) is 19.2 Å². The van der Waals surface area contributed by atoms with E-state index in [4.69, 9.17) is 4.74 Å². The number of hydrogen-bond acceptors (Lipinski definition) is 2. The molecular formula is C19H23FN2O2. The Balaban J connectivity index is 1.72. The first-order valence-corrected chi connectivity index (χ1v) is 7.99. The number of benzene rings is 2. The summed E-state index contributed by atoms with van der Waals surface area (Å²) in [6.07, 6.45) is 1.68. The summed E-state index contributed by atoms with van der Waals surface area (Å²) in [6, 6.07) is 14.0. The molecule has 128 valence electrons. The Labute approximate surface area is 142 Å². The van der Waals surface area contributed by atoms with Crippen LogP contribution in [0.1, 0.15) is 24.5 Å². The third-order valence-corrected chi connectivity index (χ3v) is 3.80. The van der Waals surface area contributed by atoms with Crippen molar-refractivity contribution in [2.45, 2.75) is 32.4 Å². The number of nitrogens with one attached hydrogen (secondary N) is 2. The predicted molar refractivity (Wildman–Crippen MR) is 92.5 cm³/mol. The molecule has 0 fully saturated rings. The van der Waals surface area contributed by atoms with Crippen molar-refractivity contribution in [1.29, 1.82) is 0 Å². The topological polar surface area (TPSA) is 50.4 Å². The number of rotatable bonds is 7. The van der Waals surface area contributed by atoms with Gasteiger partial charge >= 0.3 is 6.03 Å². The lowest BCUT2D eigenvalue weighted by molar-refractivity contribution is 0.236. The minimum Gasteiger partial charge on any atom is -0.497 e. The number of halogens is 1. The molecule has 24 heavy (non-hydrogen) atoms. The number of amides is 2. The SMILES string of the molecule is COc1ccc(CCC(C)NC(=O)NCc2ccccc2F)cc1. The third kappa shape index (κ3) is 5.57. The fraction of sp³-hybridized carbons (Fsp3) is 0.316. The quantitative estimate of drug-likeness (QED) is 0.814. The smallest absolute Gasteiger partial charge is 0.315 e. The molecule has 5 heteroatoms. The van der Waals surface area contributed by atoms with E-state index in [1.54, 1.807) is 25.3 Å². The van der Waals surface area contributed by atoms with Crippen molar-refractivity contribution in [3.8, 4) is 5.75 Å². The fourth-order valence-electron chi connectivity index (χ4n) is 2.34. The molecule has 0 heterocycles. The highest BCUT2D eigenvalue weighted by molar-refractivity contribution is 5.74. The van der Waals surface area contributed by atoms with Crippen LogP contribution in [0.2, 0.25) is 0 Å². The Morgan fingerprint density at radius 1 is 1.17 bits per heavy atom. The Hall–Kier alpha value is -2.56. The van der Waals surface area contributed by atoms with E-state index < -0.39 is 0 Å². The minimum atomic E-state index is -0.314. The lowest BCUT2D eigenvalue weighted by Crippen LogP contribution is -2.40. The first-order valence-electron chi connectivity index (χ1n) is 7.99. The third-order valence-electron chi connectivity index (χ3n) is 3.80. The Morgan fingerprint density at radius 2 is 1.88 bits per heavy atom. The Kier molecular flexibility index (Phi) is 6.61. The average molecular weight is 330 g/mol. The normalized spacial score (nSPS) is 11.6. The average Bonchev–Trinajstić information content (AvgIpc) is 2.59. The summed E-state index contributed by atoms with van der Waals surface area (Å²) in [5.74, 6) is 0.516. The van der Waals surface area contributed by atoms with Crippen LogP contribution in [0.5, 0.6) is 5.75 Å². The van der Waals surface area contributed by atoms with Gasteiger partial charge in [-0.15, -0.1) is 0 Å². The maximum absolute atomic E-state index is 13.5. The summed E-state index contributed by atoms with van der Waals surface area (Å²) in [6.45, 7) is 2.12. The lowest BCUT2D eigenvalue weighted by atomic mass is 10.1. The summed E-state index contributed by atoms with van der Waals surface area (Å²) in [4.78, 5) is 11.9. The van der Waals surface area contributed by atoms with Crippen LogP contribution in [0.3, 0.4) is 0 Å². The van der Waals surface area contributed by atoms with E-state index in [-0.39, 0.29) is 24.4 Å². The van der Waals surface area contributed by atoms with Crippen LogP contribution < -0.4 is 15.4 Å². The second kappa shape index (κ2) is 8.91. The molecule has 2 aromatic carbocycles. The molecule has 0 aromatic heterocycles. The molecule has 0 saturated heterocycles. The maximum atomic E-state index is 13.5. The van der Waals surface area contributed by atoms with Crippen LogP contribution in [0.4, 0.5) is 9.18 Å². The van der Waals surface area contributed by atoms with Crippen molar-refractivity contribution in [2.24, 2.45) is 0 Å². The molecule has 2 N–H and O–H groups in total. The second-order valence-electron chi connectivity index (χ2n) is 5.71. The van der Waals surface area contributed by atoms with E-state index in [1.165, 1.54) is 11.6 Å². The molecular weight excluding hydrogens is 307 g/mol. The van der Waals surface area contributed by atoms with Crippen molar-refractivity contribution in [2.75, 3.05) is 7.11 Å². The standard InChI is InChI=1S/C19H23FN2O2/c1-14(7-8-15-9-11-17(24-2)12-10-15)22-19(23)21-13-16-5-3-4-6-18(16)20/h3-6,9-12,14H,7-8,13H2,1-2H3,(H2,21,22,23). The molecule has 0 spiro atoms. The largest absolute Gasteiger partial charge is 0.497 e. The van der Waals surface area contributed by atoms with Gasteiger partial charge in [-0.2, -0.15) is 0 Å². The minimum absolute atomic E-state index is 0.0210. The van der Waals surface area contributed by atoms with E-state index in [1.807, 2.05) is 31.2 Å². The highest BCUT2D eigenvalue weighted by Crippen LogP contribution is 2.13. The molecule has 0 aliphatic rings. The number of hydrogen-bond donors (Lipinski definition) is 2. The molecule has 2 amide bonds. The van der Waals surface area contributed by atoms with E-state index in [9.17, 15) is 9.18 Å². The Morgan fingerprint density at radius 3 is 2.54 bits per heavy atom. The first-order chi connectivity index (χ1) is 11.6. The van der Waals surface area contributed by atoms with Crippen molar-refractivity contribution in [3.63, 3.8) is 0 Å². The van der Waals surface area contributed by atoms with Crippen molar-refractivity contribution in [1.82, 2.24) is 10.6 Å². The predicted octanol–water partition coefficient (Wildman–Crippen LogP) is 3.65. The van der Waals surface area contributed by atoms with E-state index >= 15 is 0 Å². The Bertz CT molecular complexity index is 659. The zero-order valence-corrected chi connectivity index (χ0v) is 14.0. The number of ether oxygens (including phenoxy) is 1. The summed E-state index contributed by atoms with van der Waals surface area (Å²) in [5.41, 5.74) is 1.66. The number of methoxy groups -OCH3 is 1. The van der Waals surface area contributed by atoms with Gasteiger partial charge in [-0.05, 0) is 43.5 Å². The van der Waals surface area contributed by atoms with Crippen LogP contribution in [0.25, 0.3) is 0 Å². The van der Waals surface area contributed by atoms with E-state index in [0.717, 1.165) is 18.6 Å². The van der Waals surface area contributed by atoms with Crippen molar-refractivity contribution >= 4 is 6.03 Å². The van der Waals surface area contributed by atoms with Crippen LogP contribution >= 0.6 is 0 Å². The highest BCUT2D eigenvalue weighted by atomic mass is 19.1. The first kappa shape index (κ1) is 17.8. The second-order valence-corrected chi connectivity index (χ2v) is 5.71. The number of carbonyl (C=O) groups is 1. The lowest BCUT2D eigenvalue weighted by Gasteiger charge is -2.15. The summed E-state index contributed by atoms with van der Waals surface area (Å²) < 4.78 is 18.6. The molecule has 1 unspecified atom stereocenters. The van der Waals surface area contributed by atoms with Gasteiger partial charge in [-0.3, -0.25) is 0 Å². The van der Waals surface area contributed by atoms with Crippen molar-refractivity contribution in [3.05, 3.63) is 65.5 Å². The molecule has 0 saturated carbocycles. The van der Waals surface area contributed by atoms with Gasteiger partial charge in [-0.1, -0.05) is 30.3 Å². The molecule has 4 nitrogen and oxygen atoms in total. The highest BCUT2D eigenvalue weighted by Gasteiger charge is 2.08. The van der Waals surface area contributed by atoms with E-state index in [0.29, 0.717) is 5.56 Å². The van der Waals surface area contributed by atoms with Crippen LogP contribution in [-0.2, 0) is 13.0 Å². The number of urea groups is 1. The molecule has 0 radical (unpaired) electrons. The fourth-order valence-corrected chi connectivity index (χ4v) is 2.34. The summed E-state index contributed by atoms with van der Waals surface area (Å²) in [5, 5.41) is 5.54. The number of aryl methyl sites for hydroxylation is 1. The molecule has 1 atom stereocenters. The van der Waals surface area contributed by atoms with Gasteiger partial charge in [0.1, 0.15) is 11.6 Å². The van der Waals surface area contributed by atoms with Gasteiger partial charge in [0.15, 0.2) is 0 Å². The molecule has 0 aliphatic carbocycles. The summed E-state index contributed by atoms with van der Waals surface area (Å²) >= 11 is 0. The van der Waals surface area contributed by atoms with Gasteiger partial charge in [0.05, 0.1) is 7.11 Å². The molecule has 2 rings (SSSR count). The zero-order chi connectivity index (χ0) is 17.4. The van der Waals surface area contributed by atoms with Gasteiger partial charge < -0.3 is 15.4 Å². The monoisotopic (exact) mass is 330 g/mol. The van der Waals surface area contributed by atoms with E-state index in [2.05, 4.69) is 10.6 Å².